The van der Waals surface area contributed by atoms with E-state index in [9.17, 15) is 18.0 Å². The first-order chi connectivity index (χ1) is 6.78. The van der Waals surface area contributed by atoms with Gasteiger partial charge >= 0.3 is 12.1 Å². The molecular formula is C8H14F3NO3. The molecule has 0 radical (unpaired) electrons. The number of esters is 1. The number of hydrogen-bond donors (Lipinski definition) is 1. The standard InChI is InChI=1S/C8H14F3NO3/c1-5(7(13)14-3)6(2)12-15-4-8(9,10)11/h5-6,12H,4H2,1-3H3. The summed E-state index contributed by atoms with van der Waals surface area (Å²) in [4.78, 5) is 15.2. The van der Waals surface area contributed by atoms with Crippen molar-refractivity contribution in [1.82, 2.24) is 5.48 Å². The first-order valence-corrected chi connectivity index (χ1v) is 4.30. The smallest absolute Gasteiger partial charge is 0.413 e. The molecule has 0 heterocycles. The summed E-state index contributed by atoms with van der Waals surface area (Å²) < 4.78 is 39.4. The Balaban J connectivity index is 3.83. The second-order valence-electron chi connectivity index (χ2n) is 3.12. The Morgan fingerprint density at radius 2 is 1.93 bits per heavy atom. The zero-order chi connectivity index (χ0) is 12.1. The van der Waals surface area contributed by atoms with Crippen LogP contribution in [0.4, 0.5) is 13.2 Å². The number of rotatable bonds is 5. The molecule has 0 aromatic heterocycles. The number of ether oxygens (including phenoxy) is 1. The highest BCUT2D eigenvalue weighted by Crippen LogP contribution is 2.14. The molecule has 15 heavy (non-hydrogen) atoms. The quantitative estimate of drug-likeness (QED) is 0.569. The van der Waals surface area contributed by atoms with Crippen LogP contribution in [0.2, 0.25) is 0 Å². The van der Waals surface area contributed by atoms with Crippen LogP contribution >= 0.6 is 0 Å². The maximum absolute atomic E-state index is 11.7. The number of halogens is 3. The molecule has 0 amide bonds. The second-order valence-corrected chi connectivity index (χ2v) is 3.12. The van der Waals surface area contributed by atoms with Gasteiger partial charge < -0.3 is 4.74 Å². The van der Waals surface area contributed by atoms with Crippen LogP contribution < -0.4 is 5.48 Å². The van der Waals surface area contributed by atoms with Crippen molar-refractivity contribution in [3.63, 3.8) is 0 Å². The number of nitrogens with one attached hydrogen (secondary N) is 1. The maximum Gasteiger partial charge on any atom is 0.413 e. The van der Waals surface area contributed by atoms with Gasteiger partial charge in [0.25, 0.3) is 0 Å². The third kappa shape index (κ3) is 6.29. The Hall–Kier alpha value is -0.820. The highest BCUT2D eigenvalue weighted by atomic mass is 19.4. The molecule has 0 aliphatic heterocycles. The Morgan fingerprint density at radius 3 is 2.33 bits per heavy atom. The summed E-state index contributed by atoms with van der Waals surface area (Å²) in [5.74, 6) is -1.09. The van der Waals surface area contributed by atoms with Crippen molar-refractivity contribution in [1.29, 1.82) is 0 Å². The Labute approximate surface area is 85.7 Å². The van der Waals surface area contributed by atoms with Crippen LogP contribution in [0.1, 0.15) is 13.8 Å². The Morgan fingerprint density at radius 1 is 1.40 bits per heavy atom. The summed E-state index contributed by atoms with van der Waals surface area (Å²) >= 11 is 0. The van der Waals surface area contributed by atoms with Gasteiger partial charge in [-0.2, -0.15) is 18.7 Å². The number of hydrogen-bond acceptors (Lipinski definition) is 4. The second kappa shape index (κ2) is 5.92. The molecule has 1 N–H and O–H groups in total. The molecule has 4 nitrogen and oxygen atoms in total. The monoisotopic (exact) mass is 229 g/mol. The minimum absolute atomic E-state index is 0.509. The third-order valence-corrected chi connectivity index (χ3v) is 1.83. The Kier molecular flexibility index (Phi) is 5.59. The van der Waals surface area contributed by atoms with Crippen LogP contribution in [0.25, 0.3) is 0 Å². The van der Waals surface area contributed by atoms with Crippen LogP contribution in [0, 0.1) is 5.92 Å². The molecule has 90 valence electrons. The van der Waals surface area contributed by atoms with Crippen LogP contribution in [-0.2, 0) is 14.4 Å². The van der Waals surface area contributed by atoms with E-state index in [4.69, 9.17) is 0 Å². The lowest BCUT2D eigenvalue weighted by Gasteiger charge is -2.19. The average Bonchev–Trinajstić information content (AvgIpc) is 2.13. The largest absolute Gasteiger partial charge is 0.469 e. The lowest BCUT2D eigenvalue weighted by Crippen LogP contribution is -2.38. The highest BCUT2D eigenvalue weighted by molar-refractivity contribution is 5.72. The van der Waals surface area contributed by atoms with E-state index in [2.05, 4.69) is 15.1 Å². The zero-order valence-corrected chi connectivity index (χ0v) is 8.72. The zero-order valence-electron chi connectivity index (χ0n) is 8.72. The summed E-state index contributed by atoms with van der Waals surface area (Å²) in [5.41, 5.74) is 2.13. The lowest BCUT2D eigenvalue weighted by atomic mass is 10.1. The molecule has 0 aliphatic carbocycles. The molecule has 0 aromatic carbocycles. The minimum atomic E-state index is -4.39. The first kappa shape index (κ1) is 14.2. The summed E-state index contributed by atoms with van der Waals surface area (Å²) in [7, 11) is 1.21. The van der Waals surface area contributed by atoms with Crippen molar-refractivity contribution in [2.75, 3.05) is 13.7 Å². The van der Waals surface area contributed by atoms with Gasteiger partial charge in [0.2, 0.25) is 0 Å². The van der Waals surface area contributed by atoms with Gasteiger partial charge in [0.05, 0.1) is 13.0 Å². The fraction of sp³-hybridized carbons (Fsp3) is 0.875. The predicted octanol–water partition coefficient (Wildman–Crippen LogP) is 1.27. The van der Waals surface area contributed by atoms with E-state index in [1.54, 1.807) is 0 Å². The molecule has 0 spiro atoms. The molecule has 0 aliphatic rings. The van der Waals surface area contributed by atoms with E-state index in [-0.39, 0.29) is 0 Å². The van der Waals surface area contributed by atoms with Gasteiger partial charge in [0.1, 0.15) is 0 Å². The van der Waals surface area contributed by atoms with E-state index in [0.717, 1.165) is 0 Å². The SMILES string of the molecule is COC(=O)C(C)C(C)NOCC(F)(F)F. The number of carbonyl (C=O) groups excluding carboxylic acids is 1. The molecular weight excluding hydrogens is 215 g/mol. The van der Waals surface area contributed by atoms with Gasteiger partial charge in [-0.15, -0.1) is 0 Å². The van der Waals surface area contributed by atoms with Crippen LogP contribution in [-0.4, -0.2) is 31.9 Å². The summed E-state index contributed by atoms with van der Waals surface area (Å²) in [6.07, 6.45) is -4.39. The van der Waals surface area contributed by atoms with Crippen molar-refractivity contribution in [3.05, 3.63) is 0 Å². The molecule has 0 bridgehead atoms. The minimum Gasteiger partial charge on any atom is -0.469 e. The highest BCUT2D eigenvalue weighted by Gasteiger charge is 2.29. The molecule has 0 fully saturated rings. The first-order valence-electron chi connectivity index (χ1n) is 4.30. The maximum atomic E-state index is 11.7. The normalized spacial score (nSPS) is 15.9. The van der Waals surface area contributed by atoms with Crippen LogP contribution in [0.5, 0.6) is 0 Å². The van der Waals surface area contributed by atoms with E-state index in [1.165, 1.54) is 21.0 Å². The molecule has 0 saturated carbocycles. The third-order valence-electron chi connectivity index (χ3n) is 1.83. The fourth-order valence-corrected chi connectivity index (χ4v) is 0.747. The Bertz CT molecular complexity index is 208. The van der Waals surface area contributed by atoms with Gasteiger partial charge in [-0.1, -0.05) is 6.92 Å². The molecule has 0 saturated heterocycles. The van der Waals surface area contributed by atoms with E-state index in [1.807, 2.05) is 0 Å². The average molecular weight is 229 g/mol. The van der Waals surface area contributed by atoms with E-state index in [0.29, 0.717) is 0 Å². The van der Waals surface area contributed by atoms with Gasteiger partial charge in [-0.05, 0) is 6.92 Å². The van der Waals surface area contributed by atoms with Crippen LogP contribution in [0.15, 0.2) is 0 Å². The predicted molar refractivity (Wildman–Crippen MR) is 45.8 cm³/mol. The molecule has 2 unspecified atom stereocenters. The number of methoxy groups -OCH3 is 1. The van der Waals surface area contributed by atoms with Crippen molar-refractivity contribution in [2.45, 2.75) is 26.1 Å². The fourth-order valence-electron chi connectivity index (χ4n) is 0.747. The van der Waals surface area contributed by atoms with Crippen molar-refractivity contribution < 1.29 is 27.5 Å². The lowest BCUT2D eigenvalue weighted by molar-refractivity contribution is -0.194. The molecule has 0 rings (SSSR count). The number of alkyl halides is 3. The number of carbonyl (C=O) groups is 1. The van der Waals surface area contributed by atoms with E-state index >= 15 is 0 Å². The van der Waals surface area contributed by atoms with Gasteiger partial charge in [-0.3, -0.25) is 9.63 Å². The van der Waals surface area contributed by atoms with E-state index < -0.39 is 30.7 Å². The number of hydroxylamine groups is 1. The van der Waals surface area contributed by atoms with Crippen LogP contribution in [0.3, 0.4) is 0 Å². The van der Waals surface area contributed by atoms with Gasteiger partial charge in [-0.25, -0.2) is 0 Å². The summed E-state index contributed by atoms with van der Waals surface area (Å²) in [6, 6.07) is -0.556. The summed E-state index contributed by atoms with van der Waals surface area (Å²) in [5, 5.41) is 0. The van der Waals surface area contributed by atoms with Crippen molar-refractivity contribution in [2.24, 2.45) is 5.92 Å². The van der Waals surface area contributed by atoms with Crippen molar-refractivity contribution in [3.8, 4) is 0 Å². The topological polar surface area (TPSA) is 47.6 Å². The van der Waals surface area contributed by atoms with Gasteiger partial charge in [0, 0.05) is 6.04 Å². The molecule has 0 aromatic rings. The molecule has 2 atom stereocenters. The molecule has 7 heteroatoms. The summed E-state index contributed by atoms with van der Waals surface area (Å²) in [6.45, 7) is 1.66. The van der Waals surface area contributed by atoms with Crippen molar-refractivity contribution >= 4 is 5.97 Å². The van der Waals surface area contributed by atoms with Gasteiger partial charge in [0.15, 0.2) is 6.61 Å².